The average molecular weight is 131 g/mol. The van der Waals surface area contributed by atoms with Crippen LogP contribution in [0.25, 0.3) is 0 Å². The Balaban J connectivity index is 2.92. The molecule has 0 atom stereocenters. The van der Waals surface area contributed by atoms with Crippen LogP contribution in [0.15, 0.2) is 12.4 Å². The minimum atomic E-state index is 0.885. The fourth-order valence-electron chi connectivity index (χ4n) is 0.561. The maximum Gasteiger partial charge on any atom is 0.123 e. The summed E-state index contributed by atoms with van der Waals surface area (Å²) in [6, 6.07) is 0. The molecule has 1 rings (SSSR count). The molecule has 0 bridgehead atoms. The molecule has 1 heterocycles. The van der Waals surface area contributed by atoms with Crippen molar-refractivity contribution >= 4 is 11.8 Å². The van der Waals surface area contributed by atoms with E-state index in [1.807, 2.05) is 6.92 Å². The predicted molar refractivity (Wildman–Crippen MR) is 32.9 cm³/mol. The lowest BCUT2D eigenvalue weighted by molar-refractivity contribution is 0.952. The van der Waals surface area contributed by atoms with Gasteiger partial charge in [0, 0.05) is 30.6 Å². The van der Waals surface area contributed by atoms with Crippen molar-refractivity contribution < 1.29 is 0 Å². The van der Waals surface area contributed by atoms with E-state index in [0.29, 0.717) is 0 Å². The first-order valence-electron chi connectivity index (χ1n) is 2.53. The fourth-order valence-corrected chi connectivity index (χ4v) is 0.775. The quantitative estimate of drug-likeness (QED) is 0.563. The number of hydrogen-bond acceptors (Lipinski definition) is 1. The zero-order valence-corrected chi connectivity index (χ0v) is 5.39. The molecule has 44 valence electrons. The van der Waals surface area contributed by atoms with Crippen molar-refractivity contribution in [3.8, 4) is 0 Å². The summed E-state index contributed by atoms with van der Waals surface area (Å²) in [6.07, 6.45) is 4.29. The van der Waals surface area contributed by atoms with Gasteiger partial charge in [-0.1, -0.05) is 6.92 Å². The number of rotatable bonds is 1. The monoisotopic (exact) mass is 130 g/mol. The summed E-state index contributed by atoms with van der Waals surface area (Å²) in [7, 11) is 0. The van der Waals surface area contributed by atoms with E-state index < -0.39 is 0 Å². The molecular weight excluding hydrogens is 124 g/mol. The van der Waals surface area contributed by atoms with Crippen molar-refractivity contribution in [1.29, 1.82) is 0 Å². The summed E-state index contributed by atoms with van der Waals surface area (Å²) in [6.45, 7) is 2.02. The molecule has 0 aromatic carbocycles. The Labute approximate surface area is 53.2 Å². The first kappa shape index (κ1) is 5.63. The first-order chi connectivity index (χ1) is 3.84. The van der Waals surface area contributed by atoms with E-state index in [4.69, 9.17) is 11.8 Å². The van der Waals surface area contributed by atoms with Gasteiger partial charge in [0.15, 0.2) is 0 Å². The number of nitrogens with zero attached hydrogens (tertiary/aromatic N) is 2. The van der Waals surface area contributed by atoms with Crippen molar-refractivity contribution in [1.82, 2.24) is 9.07 Å². The molecule has 0 saturated carbocycles. The SMILES string of the molecule is CCc1nccn1Cl. The Morgan fingerprint density at radius 2 is 2.62 bits per heavy atom. The van der Waals surface area contributed by atoms with Gasteiger partial charge in [-0.2, -0.15) is 0 Å². The Morgan fingerprint density at radius 1 is 1.88 bits per heavy atom. The third-order valence-electron chi connectivity index (χ3n) is 0.984. The van der Waals surface area contributed by atoms with Gasteiger partial charge in [0.1, 0.15) is 5.82 Å². The van der Waals surface area contributed by atoms with Crippen LogP contribution in [0.2, 0.25) is 0 Å². The molecule has 0 aliphatic rings. The Kier molecular flexibility index (Phi) is 1.53. The number of aryl methyl sites for hydroxylation is 1. The van der Waals surface area contributed by atoms with E-state index in [1.165, 1.54) is 4.09 Å². The van der Waals surface area contributed by atoms with Gasteiger partial charge in [0.2, 0.25) is 0 Å². The van der Waals surface area contributed by atoms with E-state index in [2.05, 4.69) is 4.98 Å². The maximum absolute atomic E-state index is 5.59. The molecule has 0 fully saturated rings. The number of hydrogen-bond donors (Lipinski definition) is 0. The third-order valence-corrected chi connectivity index (χ3v) is 1.29. The van der Waals surface area contributed by atoms with Crippen LogP contribution in [-0.2, 0) is 6.42 Å². The molecule has 0 unspecified atom stereocenters. The lowest BCUT2D eigenvalue weighted by Crippen LogP contribution is -1.87. The van der Waals surface area contributed by atoms with Gasteiger partial charge in [0.25, 0.3) is 0 Å². The summed E-state index contributed by atoms with van der Waals surface area (Å²) in [5.74, 6) is 0.909. The van der Waals surface area contributed by atoms with Crippen LogP contribution in [0.3, 0.4) is 0 Å². The van der Waals surface area contributed by atoms with Crippen molar-refractivity contribution in [2.24, 2.45) is 0 Å². The standard InChI is InChI=1S/C5H7ClN2/c1-2-5-7-3-4-8(5)6/h3-4H,2H2,1H3. The van der Waals surface area contributed by atoms with Crippen LogP contribution < -0.4 is 0 Å². The van der Waals surface area contributed by atoms with Gasteiger partial charge >= 0.3 is 0 Å². The Bertz CT molecular complexity index is 171. The Morgan fingerprint density at radius 3 is 2.88 bits per heavy atom. The van der Waals surface area contributed by atoms with Crippen LogP contribution in [0, 0.1) is 0 Å². The molecule has 0 radical (unpaired) electrons. The molecule has 2 nitrogen and oxygen atoms in total. The second kappa shape index (κ2) is 2.18. The molecule has 1 aromatic rings. The van der Waals surface area contributed by atoms with Crippen LogP contribution in [0.1, 0.15) is 12.7 Å². The van der Waals surface area contributed by atoms with Crippen molar-refractivity contribution in [2.45, 2.75) is 13.3 Å². The third kappa shape index (κ3) is 0.842. The minimum Gasteiger partial charge on any atom is -0.246 e. The fraction of sp³-hybridized carbons (Fsp3) is 0.400. The molecule has 3 heteroatoms. The maximum atomic E-state index is 5.59. The molecule has 0 N–H and O–H groups in total. The molecule has 8 heavy (non-hydrogen) atoms. The van der Waals surface area contributed by atoms with Gasteiger partial charge in [-0.25, -0.2) is 9.07 Å². The second-order valence-corrected chi connectivity index (χ2v) is 1.87. The molecule has 0 saturated heterocycles. The number of imidazole rings is 1. The van der Waals surface area contributed by atoms with E-state index in [9.17, 15) is 0 Å². The number of aromatic nitrogens is 2. The highest BCUT2D eigenvalue weighted by Gasteiger charge is 1.92. The van der Waals surface area contributed by atoms with E-state index in [1.54, 1.807) is 12.4 Å². The summed E-state index contributed by atoms with van der Waals surface area (Å²) < 4.78 is 1.50. The molecule has 0 spiro atoms. The molecular formula is C5H7ClN2. The zero-order chi connectivity index (χ0) is 5.98. The highest BCUT2D eigenvalue weighted by Crippen LogP contribution is 1.98. The summed E-state index contributed by atoms with van der Waals surface area (Å²) in [5, 5.41) is 0. The van der Waals surface area contributed by atoms with Crippen LogP contribution in [0.4, 0.5) is 0 Å². The highest BCUT2D eigenvalue weighted by molar-refractivity contribution is 6.15. The minimum absolute atomic E-state index is 0.885. The molecule has 0 aliphatic carbocycles. The van der Waals surface area contributed by atoms with Crippen molar-refractivity contribution in [2.75, 3.05) is 0 Å². The smallest absolute Gasteiger partial charge is 0.123 e. The van der Waals surface area contributed by atoms with Crippen molar-refractivity contribution in [3.63, 3.8) is 0 Å². The highest BCUT2D eigenvalue weighted by atomic mass is 35.5. The van der Waals surface area contributed by atoms with E-state index in [-0.39, 0.29) is 0 Å². The lowest BCUT2D eigenvalue weighted by Gasteiger charge is -1.89. The van der Waals surface area contributed by atoms with Gasteiger partial charge in [-0.05, 0) is 0 Å². The summed E-state index contributed by atoms with van der Waals surface area (Å²) in [4.78, 5) is 3.97. The average Bonchev–Trinajstić information content (AvgIpc) is 2.14. The summed E-state index contributed by atoms with van der Waals surface area (Å²) in [5.41, 5.74) is 0. The normalized spacial score (nSPS) is 9.75. The largest absolute Gasteiger partial charge is 0.246 e. The second-order valence-electron chi connectivity index (χ2n) is 1.51. The van der Waals surface area contributed by atoms with Crippen LogP contribution >= 0.6 is 11.8 Å². The van der Waals surface area contributed by atoms with Crippen LogP contribution in [0.5, 0.6) is 0 Å². The van der Waals surface area contributed by atoms with Gasteiger partial charge < -0.3 is 0 Å². The van der Waals surface area contributed by atoms with Gasteiger partial charge in [0.05, 0.1) is 0 Å². The Hall–Kier alpha value is -0.500. The first-order valence-corrected chi connectivity index (χ1v) is 2.86. The predicted octanol–water partition coefficient (Wildman–Crippen LogP) is 1.45. The molecule has 1 aromatic heterocycles. The summed E-state index contributed by atoms with van der Waals surface area (Å²) >= 11 is 5.59. The zero-order valence-electron chi connectivity index (χ0n) is 4.63. The van der Waals surface area contributed by atoms with E-state index in [0.717, 1.165) is 12.2 Å². The van der Waals surface area contributed by atoms with Crippen molar-refractivity contribution in [3.05, 3.63) is 18.2 Å². The topological polar surface area (TPSA) is 17.8 Å². The lowest BCUT2D eigenvalue weighted by atomic mass is 10.5. The molecule has 0 aliphatic heterocycles. The van der Waals surface area contributed by atoms with Crippen LogP contribution in [-0.4, -0.2) is 9.07 Å². The van der Waals surface area contributed by atoms with Gasteiger partial charge in [-0.3, -0.25) is 0 Å². The number of halogens is 1. The van der Waals surface area contributed by atoms with Gasteiger partial charge in [-0.15, -0.1) is 0 Å². The van der Waals surface area contributed by atoms with E-state index >= 15 is 0 Å². The molecule has 0 amide bonds.